The molecule has 7 nitrogen and oxygen atoms in total. The summed E-state index contributed by atoms with van der Waals surface area (Å²) in [5.74, 6) is -0.463. The van der Waals surface area contributed by atoms with Crippen molar-refractivity contribution in [3.63, 3.8) is 0 Å². The van der Waals surface area contributed by atoms with E-state index in [-0.39, 0.29) is 36.4 Å². The molecule has 0 aliphatic heterocycles. The maximum atomic E-state index is 13.6. The Hall–Kier alpha value is -3.31. The van der Waals surface area contributed by atoms with Crippen molar-refractivity contribution in [1.82, 2.24) is 10.2 Å². The number of rotatable bonds is 9. The highest BCUT2D eigenvalue weighted by Crippen LogP contribution is 2.31. The highest BCUT2D eigenvalue weighted by molar-refractivity contribution is 5.99. The number of azide groups is 1. The van der Waals surface area contributed by atoms with Gasteiger partial charge < -0.3 is 10.2 Å². The van der Waals surface area contributed by atoms with Crippen LogP contribution >= 0.6 is 0 Å². The number of hydrogen-bond donors (Lipinski definition) is 1. The molecule has 0 fully saturated rings. The molecule has 0 unspecified atom stereocenters. The third kappa shape index (κ3) is 5.86. The second-order valence-corrected chi connectivity index (χ2v) is 8.42. The van der Waals surface area contributed by atoms with E-state index < -0.39 is 5.54 Å². The lowest BCUT2D eigenvalue weighted by molar-refractivity contribution is -0.132. The molecular weight excluding hydrogens is 390 g/mol. The molecule has 0 aliphatic rings. The first-order valence-electron chi connectivity index (χ1n) is 10.5. The van der Waals surface area contributed by atoms with Gasteiger partial charge in [0, 0.05) is 23.1 Å². The van der Waals surface area contributed by atoms with Crippen LogP contribution in [0.15, 0.2) is 65.8 Å². The topological polar surface area (TPSA) is 98.2 Å². The summed E-state index contributed by atoms with van der Waals surface area (Å²) in [4.78, 5) is 31.4. The monoisotopic (exact) mass is 421 g/mol. The number of nitrogens with one attached hydrogen (secondary N) is 1. The molecule has 31 heavy (non-hydrogen) atoms. The molecule has 0 bridgehead atoms. The van der Waals surface area contributed by atoms with Crippen LogP contribution in [0.3, 0.4) is 0 Å². The normalized spacial score (nSPS) is 13.1. The van der Waals surface area contributed by atoms with Crippen molar-refractivity contribution in [1.29, 1.82) is 0 Å². The van der Waals surface area contributed by atoms with Crippen LogP contribution in [0.5, 0.6) is 0 Å². The van der Waals surface area contributed by atoms with Crippen LogP contribution in [-0.4, -0.2) is 34.8 Å². The molecule has 1 N–H and O–H groups in total. The van der Waals surface area contributed by atoms with E-state index in [4.69, 9.17) is 5.53 Å². The molecule has 0 aromatic heterocycles. The number of amides is 2. The average molecular weight is 422 g/mol. The Morgan fingerprint density at radius 3 is 2.10 bits per heavy atom. The predicted octanol–water partition coefficient (Wildman–Crippen LogP) is 5.12. The first-order chi connectivity index (χ1) is 14.7. The van der Waals surface area contributed by atoms with Crippen molar-refractivity contribution < 1.29 is 9.59 Å². The lowest BCUT2D eigenvalue weighted by atomic mass is 9.93. The Morgan fingerprint density at radius 1 is 1.03 bits per heavy atom. The summed E-state index contributed by atoms with van der Waals surface area (Å²) in [5, 5.41) is 6.61. The van der Waals surface area contributed by atoms with Crippen molar-refractivity contribution in [2.24, 2.45) is 11.0 Å². The van der Waals surface area contributed by atoms with Crippen LogP contribution < -0.4 is 5.32 Å². The Balaban J connectivity index is 2.44. The van der Waals surface area contributed by atoms with E-state index in [2.05, 4.69) is 15.3 Å². The van der Waals surface area contributed by atoms with Gasteiger partial charge in [-0.25, -0.2) is 0 Å². The molecular formula is C24H31N5O2. The van der Waals surface area contributed by atoms with Crippen LogP contribution in [-0.2, 0) is 4.79 Å². The smallest absolute Gasteiger partial charge is 0.255 e. The van der Waals surface area contributed by atoms with E-state index in [1.165, 1.54) is 0 Å². The minimum atomic E-state index is -1.16. The largest absolute Gasteiger partial charge is 0.351 e. The summed E-state index contributed by atoms with van der Waals surface area (Å²) < 4.78 is 0. The zero-order valence-corrected chi connectivity index (χ0v) is 18.8. The molecule has 0 saturated carbocycles. The van der Waals surface area contributed by atoms with Gasteiger partial charge in [-0.3, -0.25) is 9.59 Å². The summed E-state index contributed by atoms with van der Waals surface area (Å²) >= 11 is 0. The van der Waals surface area contributed by atoms with Crippen molar-refractivity contribution >= 4 is 11.8 Å². The molecule has 0 aliphatic carbocycles. The minimum absolute atomic E-state index is 0.0649. The van der Waals surface area contributed by atoms with Gasteiger partial charge in [-0.15, -0.1) is 0 Å². The molecule has 7 heteroatoms. The number of hydrogen-bond acceptors (Lipinski definition) is 3. The molecule has 2 rings (SSSR count). The minimum Gasteiger partial charge on any atom is -0.351 e. The van der Waals surface area contributed by atoms with Gasteiger partial charge in [0.25, 0.3) is 5.91 Å². The first-order valence-corrected chi connectivity index (χ1v) is 10.5. The van der Waals surface area contributed by atoms with Crippen molar-refractivity contribution in [2.45, 2.75) is 52.2 Å². The van der Waals surface area contributed by atoms with Crippen LogP contribution in [0.4, 0.5) is 0 Å². The SMILES string of the molecule is CC(C)[C@@H](CN=[N+]=[N-])NC(=O)C(C)(C)N(C(=O)c1ccccc1)[C@@H](C)c1ccccc1. The van der Waals surface area contributed by atoms with Crippen LogP contribution in [0.25, 0.3) is 10.4 Å². The number of carbonyl (C=O) groups excluding carboxylic acids is 2. The van der Waals surface area contributed by atoms with Gasteiger partial charge in [0.2, 0.25) is 5.91 Å². The lowest BCUT2D eigenvalue weighted by Crippen LogP contribution is -2.60. The zero-order valence-electron chi connectivity index (χ0n) is 18.8. The molecule has 164 valence electrons. The quantitative estimate of drug-likeness (QED) is 0.345. The molecule has 0 heterocycles. The Bertz CT molecular complexity index is 922. The summed E-state index contributed by atoms with van der Waals surface area (Å²) in [6, 6.07) is 17.9. The van der Waals surface area contributed by atoms with Crippen molar-refractivity contribution in [2.75, 3.05) is 6.54 Å². The molecule has 0 spiro atoms. The fourth-order valence-electron chi connectivity index (χ4n) is 3.52. The second-order valence-electron chi connectivity index (χ2n) is 8.42. The number of carbonyl (C=O) groups is 2. The molecule has 0 radical (unpaired) electrons. The van der Waals surface area contributed by atoms with E-state index in [1.807, 2.05) is 57.2 Å². The fourth-order valence-corrected chi connectivity index (χ4v) is 3.52. The fraction of sp³-hybridized carbons (Fsp3) is 0.417. The van der Waals surface area contributed by atoms with E-state index in [9.17, 15) is 9.59 Å². The van der Waals surface area contributed by atoms with Gasteiger partial charge in [0.15, 0.2) is 0 Å². The van der Waals surface area contributed by atoms with Crippen LogP contribution in [0.2, 0.25) is 0 Å². The van der Waals surface area contributed by atoms with Crippen molar-refractivity contribution in [3.8, 4) is 0 Å². The number of benzene rings is 2. The van der Waals surface area contributed by atoms with Gasteiger partial charge in [-0.2, -0.15) is 0 Å². The van der Waals surface area contributed by atoms with Gasteiger partial charge in [0.1, 0.15) is 5.54 Å². The number of nitrogens with zero attached hydrogens (tertiary/aromatic N) is 4. The highest BCUT2D eigenvalue weighted by atomic mass is 16.2. The first kappa shape index (κ1) is 24.0. The second kappa shape index (κ2) is 10.6. The third-order valence-electron chi connectivity index (χ3n) is 5.53. The Kier molecular flexibility index (Phi) is 8.22. The van der Waals surface area contributed by atoms with Gasteiger partial charge in [-0.1, -0.05) is 67.5 Å². The van der Waals surface area contributed by atoms with Gasteiger partial charge in [0.05, 0.1) is 6.04 Å². The van der Waals surface area contributed by atoms with E-state index in [0.717, 1.165) is 5.56 Å². The zero-order chi connectivity index (χ0) is 23.0. The van der Waals surface area contributed by atoms with Gasteiger partial charge in [-0.05, 0) is 49.9 Å². The average Bonchev–Trinajstić information content (AvgIpc) is 2.77. The molecule has 2 aromatic carbocycles. The Morgan fingerprint density at radius 2 is 1.58 bits per heavy atom. The highest BCUT2D eigenvalue weighted by Gasteiger charge is 2.42. The van der Waals surface area contributed by atoms with Crippen molar-refractivity contribution in [3.05, 3.63) is 82.2 Å². The van der Waals surface area contributed by atoms with E-state index in [0.29, 0.717) is 5.56 Å². The van der Waals surface area contributed by atoms with Gasteiger partial charge >= 0.3 is 0 Å². The predicted molar refractivity (Wildman–Crippen MR) is 122 cm³/mol. The molecule has 2 atom stereocenters. The standard InChI is InChI=1S/C24H31N5O2/c1-17(2)21(16-26-28-25)27-23(31)24(4,5)29(18(3)19-12-8-6-9-13-19)22(30)20-14-10-7-11-15-20/h6-15,17-18,21H,16H2,1-5H3,(H,27,31)/t18-,21+/m0/s1. The molecule has 2 amide bonds. The summed E-state index contributed by atoms with van der Waals surface area (Å²) in [7, 11) is 0. The van der Waals surface area contributed by atoms with E-state index >= 15 is 0 Å². The maximum Gasteiger partial charge on any atom is 0.255 e. The summed E-state index contributed by atoms with van der Waals surface area (Å²) in [5.41, 5.74) is 8.96. The third-order valence-corrected chi connectivity index (χ3v) is 5.53. The molecule has 0 saturated heterocycles. The van der Waals surface area contributed by atoms with E-state index in [1.54, 1.807) is 43.0 Å². The summed E-state index contributed by atoms with van der Waals surface area (Å²) in [6.45, 7) is 9.46. The van der Waals surface area contributed by atoms with Crippen LogP contribution in [0, 0.1) is 5.92 Å². The Labute approximate surface area is 184 Å². The summed E-state index contributed by atoms with van der Waals surface area (Å²) in [6.07, 6.45) is 0. The lowest BCUT2D eigenvalue weighted by Gasteiger charge is -2.42. The van der Waals surface area contributed by atoms with Crippen LogP contribution in [0.1, 0.15) is 56.6 Å². The maximum absolute atomic E-state index is 13.6. The molecule has 2 aromatic rings.